The summed E-state index contributed by atoms with van der Waals surface area (Å²) < 4.78 is 0. The summed E-state index contributed by atoms with van der Waals surface area (Å²) in [6, 6.07) is 7.03. The molecule has 0 bridgehead atoms. The number of hydrogen-bond donors (Lipinski definition) is 3. The first kappa shape index (κ1) is 14.5. The van der Waals surface area contributed by atoms with Gasteiger partial charge in [0.25, 0.3) is 0 Å². The molecule has 0 spiro atoms. The Morgan fingerprint density at radius 3 is 2.70 bits per heavy atom. The van der Waals surface area contributed by atoms with Crippen LogP contribution in [0.1, 0.15) is 15.9 Å². The van der Waals surface area contributed by atoms with Gasteiger partial charge in [-0.15, -0.1) is 0 Å². The number of rotatable bonds is 4. The van der Waals surface area contributed by atoms with E-state index in [4.69, 9.17) is 5.73 Å². The molecular formula is C14H20N4O2. The molecule has 0 saturated carbocycles. The van der Waals surface area contributed by atoms with E-state index in [0.717, 1.165) is 18.7 Å². The van der Waals surface area contributed by atoms with Crippen molar-refractivity contribution in [3.63, 3.8) is 0 Å². The number of likely N-dealkylation sites (N-methyl/N-ethyl adjacent to an activating group) is 1. The smallest absolute Gasteiger partial charge is 0.248 e. The number of hydrogen-bond acceptors (Lipinski definition) is 4. The highest BCUT2D eigenvalue weighted by atomic mass is 16.2. The summed E-state index contributed by atoms with van der Waals surface area (Å²) in [7, 11) is 1.65. The molecule has 2 amide bonds. The topological polar surface area (TPSA) is 87.5 Å². The minimum Gasteiger partial charge on any atom is -0.366 e. The van der Waals surface area contributed by atoms with Gasteiger partial charge in [0.2, 0.25) is 11.8 Å². The van der Waals surface area contributed by atoms with Crippen molar-refractivity contribution in [3.8, 4) is 0 Å². The Kier molecular flexibility index (Phi) is 4.70. The van der Waals surface area contributed by atoms with E-state index in [9.17, 15) is 9.59 Å². The molecule has 1 saturated heterocycles. The second kappa shape index (κ2) is 6.49. The number of nitrogens with two attached hydrogens (primary N) is 1. The number of piperazine rings is 1. The second-order valence-electron chi connectivity index (χ2n) is 4.87. The van der Waals surface area contributed by atoms with Gasteiger partial charge in [-0.2, -0.15) is 0 Å². The lowest BCUT2D eigenvalue weighted by Crippen LogP contribution is -2.56. The summed E-state index contributed by atoms with van der Waals surface area (Å²) in [6.45, 7) is 3.01. The van der Waals surface area contributed by atoms with Crippen molar-refractivity contribution >= 4 is 11.8 Å². The van der Waals surface area contributed by atoms with Gasteiger partial charge < -0.3 is 16.4 Å². The Labute approximate surface area is 118 Å². The number of carbonyl (C=O) groups excluding carboxylic acids is 2. The van der Waals surface area contributed by atoms with Gasteiger partial charge in [0.05, 0.1) is 0 Å². The molecule has 6 heteroatoms. The van der Waals surface area contributed by atoms with Gasteiger partial charge in [0, 0.05) is 38.8 Å². The Morgan fingerprint density at radius 1 is 1.40 bits per heavy atom. The third kappa shape index (κ3) is 3.34. The number of nitrogens with one attached hydrogen (secondary N) is 2. The zero-order valence-corrected chi connectivity index (χ0v) is 11.6. The van der Waals surface area contributed by atoms with E-state index in [1.807, 2.05) is 12.1 Å². The summed E-state index contributed by atoms with van der Waals surface area (Å²) in [5.74, 6) is -0.409. The van der Waals surface area contributed by atoms with E-state index in [1.54, 1.807) is 19.2 Å². The maximum absolute atomic E-state index is 11.9. The fourth-order valence-electron chi connectivity index (χ4n) is 2.37. The standard InChI is InChI=1S/C14H20N4O2/c1-16-14(20)12-8-17-6-7-18(12)9-10-2-4-11(5-3-10)13(15)19/h2-5,12,17H,6-9H2,1H3,(H2,15,19)(H,16,20). The van der Waals surface area contributed by atoms with Gasteiger partial charge in [0.15, 0.2) is 0 Å². The van der Waals surface area contributed by atoms with Crippen molar-refractivity contribution in [3.05, 3.63) is 35.4 Å². The largest absolute Gasteiger partial charge is 0.366 e. The Balaban J connectivity index is 2.06. The number of nitrogens with zero attached hydrogens (tertiary/aromatic N) is 1. The number of amides is 2. The zero-order valence-electron chi connectivity index (χ0n) is 11.6. The monoisotopic (exact) mass is 276 g/mol. The van der Waals surface area contributed by atoms with Crippen LogP contribution in [0.4, 0.5) is 0 Å². The van der Waals surface area contributed by atoms with Crippen molar-refractivity contribution in [1.29, 1.82) is 0 Å². The van der Waals surface area contributed by atoms with Crippen molar-refractivity contribution in [2.75, 3.05) is 26.7 Å². The van der Waals surface area contributed by atoms with Crippen molar-refractivity contribution in [2.24, 2.45) is 5.73 Å². The molecule has 0 aromatic heterocycles. The molecular weight excluding hydrogens is 256 g/mol. The Hall–Kier alpha value is -1.92. The lowest BCUT2D eigenvalue weighted by Gasteiger charge is -2.34. The third-order valence-corrected chi connectivity index (χ3v) is 3.53. The molecule has 1 atom stereocenters. The molecule has 1 aliphatic heterocycles. The van der Waals surface area contributed by atoms with Gasteiger partial charge in [-0.25, -0.2) is 0 Å². The van der Waals surface area contributed by atoms with E-state index in [1.165, 1.54) is 0 Å². The average Bonchev–Trinajstić information content (AvgIpc) is 2.47. The molecule has 1 aromatic carbocycles. The minimum atomic E-state index is -0.429. The van der Waals surface area contributed by atoms with Gasteiger partial charge in [-0.05, 0) is 17.7 Å². The predicted molar refractivity (Wildman–Crippen MR) is 76.1 cm³/mol. The van der Waals surface area contributed by atoms with Gasteiger partial charge >= 0.3 is 0 Å². The van der Waals surface area contributed by atoms with E-state index >= 15 is 0 Å². The van der Waals surface area contributed by atoms with E-state index in [0.29, 0.717) is 18.7 Å². The highest BCUT2D eigenvalue weighted by Crippen LogP contribution is 2.12. The molecule has 1 unspecified atom stereocenters. The number of carbonyl (C=O) groups is 2. The molecule has 2 rings (SSSR count). The maximum atomic E-state index is 11.9. The van der Waals surface area contributed by atoms with Gasteiger partial charge in [-0.1, -0.05) is 12.1 Å². The first-order valence-electron chi connectivity index (χ1n) is 6.67. The van der Waals surface area contributed by atoms with Crippen LogP contribution in [0.3, 0.4) is 0 Å². The first-order valence-corrected chi connectivity index (χ1v) is 6.67. The van der Waals surface area contributed by atoms with E-state index in [-0.39, 0.29) is 11.9 Å². The fourth-order valence-corrected chi connectivity index (χ4v) is 2.37. The maximum Gasteiger partial charge on any atom is 0.248 e. The van der Waals surface area contributed by atoms with Crippen LogP contribution < -0.4 is 16.4 Å². The lowest BCUT2D eigenvalue weighted by atomic mass is 10.1. The van der Waals surface area contributed by atoms with Crippen molar-refractivity contribution in [2.45, 2.75) is 12.6 Å². The van der Waals surface area contributed by atoms with Crippen LogP contribution in [0.5, 0.6) is 0 Å². The van der Waals surface area contributed by atoms with E-state index in [2.05, 4.69) is 15.5 Å². The molecule has 4 N–H and O–H groups in total. The van der Waals surface area contributed by atoms with Crippen LogP contribution in [0.15, 0.2) is 24.3 Å². The quantitative estimate of drug-likeness (QED) is 0.679. The van der Waals surface area contributed by atoms with Crippen LogP contribution in [-0.4, -0.2) is 49.4 Å². The van der Waals surface area contributed by atoms with Crippen LogP contribution in [0.25, 0.3) is 0 Å². The highest BCUT2D eigenvalue weighted by molar-refractivity contribution is 5.92. The molecule has 0 aliphatic carbocycles. The summed E-state index contributed by atoms with van der Waals surface area (Å²) in [5, 5.41) is 5.92. The molecule has 1 aliphatic rings. The molecule has 20 heavy (non-hydrogen) atoms. The normalized spacial score (nSPS) is 19.6. The molecule has 1 aromatic rings. The Bertz CT molecular complexity index is 486. The summed E-state index contributed by atoms with van der Waals surface area (Å²) in [5.41, 5.74) is 6.78. The number of benzene rings is 1. The molecule has 108 valence electrons. The summed E-state index contributed by atoms with van der Waals surface area (Å²) in [6.07, 6.45) is 0. The van der Waals surface area contributed by atoms with E-state index < -0.39 is 5.91 Å². The lowest BCUT2D eigenvalue weighted by molar-refractivity contribution is -0.126. The average molecular weight is 276 g/mol. The Morgan fingerprint density at radius 2 is 2.10 bits per heavy atom. The van der Waals surface area contributed by atoms with Crippen molar-refractivity contribution in [1.82, 2.24) is 15.5 Å². The minimum absolute atomic E-state index is 0.0194. The second-order valence-corrected chi connectivity index (χ2v) is 4.87. The van der Waals surface area contributed by atoms with Gasteiger partial charge in [-0.3, -0.25) is 14.5 Å². The van der Waals surface area contributed by atoms with Crippen LogP contribution in [0.2, 0.25) is 0 Å². The molecule has 1 heterocycles. The van der Waals surface area contributed by atoms with Crippen LogP contribution >= 0.6 is 0 Å². The van der Waals surface area contributed by atoms with Gasteiger partial charge in [0.1, 0.15) is 6.04 Å². The fraction of sp³-hybridized carbons (Fsp3) is 0.429. The summed E-state index contributed by atoms with van der Waals surface area (Å²) >= 11 is 0. The molecule has 0 radical (unpaired) electrons. The molecule has 6 nitrogen and oxygen atoms in total. The number of primary amides is 1. The molecule has 1 fully saturated rings. The van der Waals surface area contributed by atoms with Crippen molar-refractivity contribution < 1.29 is 9.59 Å². The zero-order chi connectivity index (χ0) is 14.5. The highest BCUT2D eigenvalue weighted by Gasteiger charge is 2.27. The first-order chi connectivity index (χ1) is 9.61. The summed E-state index contributed by atoms with van der Waals surface area (Å²) in [4.78, 5) is 25.0. The van der Waals surface area contributed by atoms with Crippen LogP contribution in [-0.2, 0) is 11.3 Å². The third-order valence-electron chi connectivity index (χ3n) is 3.53. The predicted octanol–water partition coefficient (Wildman–Crippen LogP) is -0.695. The van der Waals surface area contributed by atoms with Crippen LogP contribution in [0, 0.1) is 0 Å². The SMILES string of the molecule is CNC(=O)C1CNCCN1Cc1ccc(C(N)=O)cc1.